The highest BCUT2D eigenvalue weighted by Crippen LogP contribution is 2.35. The summed E-state index contributed by atoms with van der Waals surface area (Å²) >= 11 is 0. The fraction of sp³-hybridized carbons (Fsp3) is 0.348. The van der Waals surface area contributed by atoms with Crippen LogP contribution in [0.1, 0.15) is 42.9 Å². The number of esters is 1. The second-order valence-corrected chi connectivity index (χ2v) is 7.13. The van der Waals surface area contributed by atoms with Crippen molar-refractivity contribution < 1.29 is 31.8 Å². The number of rotatable bonds is 6. The molecule has 0 N–H and O–H groups in total. The standard InChI is InChI=1S/C23H22F4O3/c1-2-15-3-5-16(6-4-15)14-29-18-9-7-17(8-10-18)20-12-11-19(13-21(20)24)30-22(28)23(25,26)27/h3-10,19H,2,11-14H2,1H3. The van der Waals surface area contributed by atoms with Crippen molar-refractivity contribution in [2.45, 2.75) is 51.5 Å². The Balaban J connectivity index is 1.58. The number of halogens is 4. The number of aryl methyl sites for hydroxylation is 1. The predicted molar refractivity (Wildman–Crippen MR) is 104 cm³/mol. The van der Waals surface area contributed by atoms with Crippen molar-refractivity contribution in [3.63, 3.8) is 0 Å². The second-order valence-electron chi connectivity index (χ2n) is 7.13. The molecule has 0 heterocycles. The van der Waals surface area contributed by atoms with Gasteiger partial charge in [0.2, 0.25) is 0 Å². The number of carbonyl (C=O) groups excluding carboxylic acids is 1. The molecule has 160 valence electrons. The molecular weight excluding hydrogens is 400 g/mol. The molecule has 2 aromatic rings. The molecule has 1 aliphatic carbocycles. The van der Waals surface area contributed by atoms with Gasteiger partial charge >= 0.3 is 12.1 Å². The van der Waals surface area contributed by atoms with Gasteiger partial charge in [-0.05, 0) is 53.7 Å². The Morgan fingerprint density at radius 3 is 2.23 bits per heavy atom. The van der Waals surface area contributed by atoms with E-state index in [-0.39, 0.29) is 19.3 Å². The van der Waals surface area contributed by atoms with Crippen molar-refractivity contribution in [1.29, 1.82) is 0 Å². The van der Waals surface area contributed by atoms with Crippen molar-refractivity contribution in [2.24, 2.45) is 0 Å². The third-order valence-corrected chi connectivity index (χ3v) is 5.00. The number of ether oxygens (including phenoxy) is 2. The Kier molecular flexibility index (Phi) is 6.80. The van der Waals surface area contributed by atoms with E-state index in [9.17, 15) is 22.4 Å². The number of alkyl halides is 3. The third kappa shape index (κ3) is 5.62. The van der Waals surface area contributed by atoms with Crippen LogP contribution in [0.4, 0.5) is 17.6 Å². The normalized spacial score (nSPS) is 17.0. The highest BCUT2D eigenvalue weighted by molar-refractivity contribution is 5.76. The molecule has 1 atom stereocenters. The Morgan fingerprint density at radius 1 is 1.03 bits per heavy atom. The molecule has 3 nitrogen and oxygen atoms in total. The van der Waals surface area contributed by atoms with Crippen molar-refractivity contribution in [3.05, 3.63) is 71.0 Å². The lowest BCUT2D eigenvalue weighted by Gasteiger charge is -2.24. The van der Waals surface area contributed by atoms with E-state index in [4.69, 9.17) is 4.74 Å². The molecule has 30 heavy (non-hydrogen) atoms. The first-order valence-electron chi connectivity index (χ1n) is 9.72. The van der Waals surface area contributed by atoms with E-state index < -0.39 is 24.1 Å². The maximum absolute atomic E-state index is 14.4. The summed E-state index contributed by atoms with van der Waals surface area (Å²) in [4.78, 5) is 10.9. The average Bonchev–Trinajstić information content (AvgIpc) is 2.72. The van der Waals surface area contributed by atoms with Crippen molar-refractivity contribution >= 4 is 11.5 Å². The summed E-state index contributed by atoms with van der Waals surface area (Å²) in [5.41, 5.74) is 3.34. The summed E-state index contributed by atoms with van der Waals surface area (Å²) < 4.78 is 61.4. The Morgan fingerprint density at radius 2 is 1.67 bits per heavy atom. The highest BCUT2D eigenvalue weighted by Gasteiger charge is 2.42. The average molecular weight is 422 g/mol. The Labute approximate surface area is 172 Å². The molecule has 1 unspecified atom stereocenters. The monoisotopic (exact) mass is 422 g/mol. The minimum atomic E-state index is -5.08. The molecule has 0 saturated heterocycles. The molecule has 0 bridgehead atoms. The quantitative estimate of drug-likeness (QED) is 0.413. The maximum Gasteiger partial charge on any atom is 0.490 e. The van der Waals surface area contributed by atoms with Gasteiger partial charge in [0.25, 0.3) is 0 Å². The highest BCUT2D eigenvalue weighted by atomic mass is 19.4. The van der Waals surface area contributed by atoms with Gasteiger partial charge < -0.3 is 9.47 Å². The lowest BCUT2D eigenvalue weighted by Crippen LogP contribution is -2.31. The summed E-state index contributed by atoms with van der Waals surface area (Å²) in [7, 11) is 0. The number of benzene rings is 2. The third-order valence-electron chi connectivity index (χ3n) is 5.00. The van der Waals surface area contributed by atoms with E-state index in [1.807, 2.05) is 12.1 Å². The number of hydrogen-bond donors (Lipinski definition) is 0. The first-order valence-corrected chi connectivity index (χ1v) is 9.72. The van der Waals surface area contributed by atoms with E-state index in [1.165, 1.54) is 5.56 Å². The summed E-state index contributed by atoms with van der Waals surface area (Å²) in [5.74, 6) is -2.22. The zero-order chi connectivity index (χ0) is 21.7. The first kappa shape index (κ1) is 21.9. The maximum atomic E-state index is 14.4. The topological polar surface area (TPSA) is 35.5 Å². The van der Waals surface area contributed by atoms with Crippen LogP contribution < -0.4 is 4.74 Å². The largest absolute Gasteiger partial charge is 0.490 e. The van der Waals surface area contributed by atoms with Gasteiger partial charge in [-0.2, -0.15) is 13.2 Å². The van der Waals surface area contributed by atoms with Gasteiger partial charge in [0.05, 0.1) is 0 Å². The van der Waals surface area contributed by atoms with Gasteiger partial charge in [-0.25, -0.2) is 9.18 Å². The van der Waals surface area contributed by atoms with Crippen LogP contribution in [0.5, 0.6) is 5.75 Å². The van der Waals surface area contributed by atoms with Crippen LogP contribution in [0, 0.1) is 0 Å². The Bertz CT molecular complexity index is 900. The van der Waals surface area contributed by atoms with Gasteiger partial charge in [-0.15, -0.1) is 0 Å². The molecule has 0 saturated carbocycles. The number of hydrogen-bond acceptors (Lipinski definition) is 3. The second kappa shape index (κ2) is 9.32. The molecule has 2 aromatic carbocycles. The fourth-order valence-electron chi connectivity index (χ4n) is 3.28. The summed E-state index contributed by atoms with van der Waals surface area (Å²) in [6.45, 7) is 2.50. The molecule has 7 heteroatoms. The van der Waals surface area contributed by atoms with Crippen LogP contribution in [0.25, 0.3) is 5.57 Å². The summed E-state index contributed by atoms with van der Waals surface area (Å²) in [5, 5.41) is 0. The van der Waals surface area contributed by atoms with E-state index in [1.54, 1.807) is 24.3 Å². The SMILES string of the molecule is CCc1ccc(COc2ccc(C3=C(F)CC(OC(=O)C(F)(F)F)CC3)cc2)cc1. The van der Waals surface area contributed by atoms with Gasteiger partial charge in [0.1, 0.15) is 24.3 Å². The van der Waals surface area contributed by atoms with Crippen LogP contribution in [-0.2, 0) is 22.6 Å². The van der Waals surface area contributed by atoms with Gasteiger partial charge in [0, 0.05) is 6.42 Å². The molecule has 0 spiro atoms. The van der Waals surface area contributed by atoms with Gasteiger partial charge in [0.15, 0.2) is 0 Å². The van der Waals surface area contributed by atoms with E-state index >= 15 is 0 Å². The number of allylic oxidation sites excluding steroid dienone is 1. The summed E-state index contributed by atoms with van der Waals surface area (Å²) in [6, 6.07) is 15.0. The molecule has 0 radical (unpaired) electrons. The summed E-state index contributed by atoms with van der Waals surface area (Å²) in [6.07, 6.45) is -5.25. The van der Waals surface area contributed by atoms with Crippen molar-refractivity contribution in [2.75, 3.05) is 0 Å². The van der Waals surface area contributed by atoms with Crippen LogP contribution >= 0.6 is 0 Å². The molecular formula is C23H22F4O3. The zero-order valence-corrected chi connectivity index (χ0v) is 16.5. The minimum Gasteiger partial charge on any atom is -0.489 e. The molecule has 0 aliphatic heterocycles. The molecule has 0 aromatic heterocycles. The van der Waals surface area contributed by atoms with Crippen LogP contribution in [0.15, 0.2) is 54.4 Å². The predicted octanol–water partition coefficient (Wildman–Crippen LogP) is 6.17. The van der Waals surface area contributed by atoms with E-state index in [0.717, 1.165) is 12.0 Å². The zero-order valence-electron chi connectivity index (χ0n) is 16.5. The van der Waals surface area contributed by atoms with E-state index in [2.05, 4.69) is 23.8 Å². The molecule has 3 rings (SSSR count). The van der Waals surface area contributed by atoms with Crippen LogP contribution in [0.2, 0.25) is 0 Å². The minimum absolute atomic E-state index is 0.135. The fourth-order valence-corrected chi connectivity index (χ4v) is 3.28. The molecule has 1 aliphatic rings. The number of carbonyl (C=O) groups is 1. The first-order chi connectivity index (χ1) is 14.3. The van der Waals surface area contributed by atoms with Crippen LogP contribution in [-0.4, -0.2) is 18.2 Å². The van der Waals surface area contributed by atoms with Gasteiger partial charge in [-0.3, -0.25) is 0 Å². The Hall–Kier alpha value is -2.83. The van der Waals surface area contributed by atoms with Gasteiger partial charge in [-0.1, -0.05) is 43.3 Å². The lowest BCUT2D eigenvalue weighted by molar-refractivity contribution is -0.205. The molecule has 0 amide bonds. The lowest BCUT2D eigenvalue weighted by atomic mass is 9.91. The smallest absolute Gasteiger partial charge is 0.489 e. The van der Waals surface area contributed by atoms with Crippen LogP contribution in [0.3, 0.4) is 0 Å². The van der Waals surface area contributed by atoms with E-state index in [0.29, 0.717) is 23.5 Å². The van der Waals surface area contributed by atoms with Crippen molar-refractivity contribution in [3.8, 4) is 5.75 Å². The molecule has 0 fully saturated rings. The van der Waals surface area contributed by atoms with Crippen molar-refractivity contribution in [1.82, 2.24) is 0 Å².